The van der Waals surface area contributed by atoms with Crippen LogP contribution >= 0.6 is 11.3 Å². The number of hydrogen-bond acceptors (Lipinski definition) is 7. The molecule has 0 bridgehead atoms. The Bertz CT molecular complexity index is 1150. The summed E-state index contributed by atoms with van der Waals surface area (Å²) in [6.45, 7) is 4.35. The van der Waals surface area contributed by atoms with E-state index in [4.69, 9.17) is 18.9 Å². The SMILES string of the molecule is CCOC(=O)Cn1c(=NC(=O)c2ccc(OCC)cc2)sc2cc(OC)c(OC)cc21. The maximum Gasteiger partial charge on any atom is 0.326 e. The minimum atomic E-state index is -0.425. The molecule has 0 fully saturated rings. The Labute approximate surface area is 183 Å². The maximum absolute atomic E-state index is 12.8. The molecule has 2 aromatic carbocycles. The molecule has 0 N–H and O–H groups in total. The van der Waals surface area contributed by atoms with Gasteiger partial charge in [-0.15, -0.1) is 0 Å². The first-order valence-corrected chi connectivity index (χ1v) is 10.5. The van der Waals surface area contributed by atoms with E-state index in [1.54, 1.807) is 55.0 Å². The van der Waals surface area contributed by atoms with Crippen LogP contribution in [-0.4, -0.2) is 43.9 Å². The third-order valence-corrected chi connectivity index (χ3v) is 5.43. The number of carbonyl (C=O) groups excluding carboxylic acids is 2. The van der Waals surface area contributed by atoms with Crippen molar-refractivity contribution in [1.82, 2.24) is 4.57 Å². The van der Waals surface area contributed by atoms with Crippen molar-refractivity contribution in [2.75, 3.05) is 27.4 Å². The van der Waals surface area contributed by atoms with E-state index in [1.165, 1.54) is 18.4 Å². The van der Waals surface area contributed by atoms with Gasteiger partial charge in [0.2, 0.25) is 0 Å². The van der Waals surface area contributed by atoms with Gasteiger partial charge in [-0.2, -0.15) is 4.99 Å². The van der Waals surface area contributed by atoms with Gasteiger partial charge in [0, 0.05) is 17.7 Å². The number of benzene rings is 2. The smallest absolute Gasteiger partial charge is 0.326 e. The number of esters is 1. The van der Waals surface area contributed by atoms with Crippen LogP contribution in [0.25, 0.3) is 10.2 Å². The van der Waals surface area contributed by atoms with E-state index in [0.29, 0.717) is 39.7 Å². The quantitative estimate of drug-likeness (QED) is 0.495. The standard InChI is InChI=1S/C22H24N2O6S/c1-5-29-15-9-7-14(8-10-15)21(26)23-22-24(13-20(25)30-6-2)16-11-17(27-3)18(28-4)12-19(16)31-22/h7-12H,5-6,13H2,1-4H3. The Morgan fingerprint density at radius 1 is 1.00 bits per heavy atom. The summed E-state index contributed by atoms with van der Waals surface area (Å²) in [5.74, 6) is 0.884. The summed E-state index contributed by atoms with van der Waals surface area (Å²) in [6, 6.07) is 10.3. The highest BCUT2D eigenvalue weighted by Gasteiger charge is 2.16. The van der Waals surface area contributed by atoms with Gasteiger partial charge in [0.15, 0.2) is 16.3 Å². The molecule has 0 saturated heterocycles. The predicted molar refractivity (Wildman–Crippen MR) is 117 cm³/mol. The van der Waals surface area contributed by atoms with Crippen molar-refractivity contribution >= 4 is 33.4 Å². The third kappa shape index (κ3) is 5.05. The molecule has 0 aliphatic carbocycles. The number of fused-ring (bicyclic) bond motifs is 1. The van der Waals surface area contributed by atoms with Crippen LogP contribution in [0, 0.1) is 0 Å². The lowest BCUT2D eigenvalue weighted by atomic mass is 10.2. The van der Waals surface area contributed by atoms with E-state index in [9.17, 15) is 9.59 Å². The van der Waals surface area contributed by atoms with Crippen LogP contribution < -0.4 is 19.0 Å². The Kier molecular flexibility index (Phi) is 7.30. The van der Waals surface area contributed by atoms with E-state index in [2.05, 4.69) is 4.99 Å². The minimum absolute atomic E-state index is 0.0846. The number of carbonyl (C=O) groups is 2. The van der Waals surface area contributed by atoms with E-state index in [-0.39, 0.29) is 13.2 Å². The van der Waals surface area contributed by atoms with Gasteiger partial charge in [-0.3, -0.25) is 9.59 Å². The number of thiazole rings is 1. The molecule has 0 radical (unpaired) electrons. The monoisotopic (exact) mass is 444 g/mol. The second-order valence-corrected chi connectivity index (χ2v) is 7.33. The molecule has 0 aliphatic heterocycles. The first-order valence-electron chi connectivity index (χ1n) is 9.73. The number of amides is 1. The van der Waals surface area contributed by atoms with E-state index in [0.717, 1.165) is 4.70 Å². The van der Waals surface area contributed by atoms with Gasteiger partial charge in [-0.1, -0.05) is 11.3 Å². The zero-order chi connectivity index (χ0) is 22.4. The van der Waals surface area contributed by atoms with Crippen molar-refractivity contribution in [1.29, 1.82) is 0 Å². The number of hydrogen-bond donors (Lipinski definition) is 0. The number of aromatic nitrogens is 1. The van der Waals surface area contributed by atoms with Gasteiger partial charge in [0.05, 0.1) is 37.6 Å². The molecule has 3 aromatic rings. The van der Waals surface area contributed by atoms with Crippen LogP contribution in [0.3, 0.4) is 0 Å². The Morgan fingerprint density at radius 3 is 2.29 bits per heavy atom. The van der Waals surface area contributed by atoms with Gasteiger partial charge in [-0.25, -0.2) is 0 Å². The average molecular weight is 445 g/mol. The van der Waals surface area contributed by atoms with Crippen molar-refractivity contribution in [3.05, 3.63) is 46.8 Å². The zero-order valence-corrected chi connectivity index (χ0v) is 18.7. The van der Waals surface area contributed by atoms with Crippen LogP contribution in [0.4, 0.5) is 0 Å². The molecule has 1 heterocycles. The Hall–Kier alpha value is -3.33. The fourth-order valence-corrected chi connectivity index (χ4v) is 4.02. The van der Waals surface area contributed by atoms with Crippen LogP contribution in [-0.2, 0) is 16.1 Å². The summed E-state index contributed by atoms with van der Waals surface area (Å²) in [6.07, 6.45) is 0. The first-order chi connectivity index (χ1) is 15.0. The molecule has 0 aliphatic rings. The normalized spacial score (nSPS) is 11.4. The predicted octanol–water partition coefficient (Wildman–Crippen LogP) is 3.42. The van der Waals surface area contributed by atoms with Gasteiger partial charge >= 0.3 is 5.97 Å². The summed E-state index contributed by atoms with van der Waals surface area (Å²) in [5, 5.41) is 0. The number of nitrogens with zero attached hydrogens (tertiary/aromatic N) is 2. The first kappa shape index (κ1) is 22.4. The lowest BCUT2D eigenvalue weighted by molar-refractivity contribution is -0.143. The second-order valence-electron chi connectivity index (χ2n) is 6.33. The van der Waals surface area contributed by atoms with E-state index >= 15 is 0 Å². The van der Waals surface area contributed by atoms with Gasteiger partial charge < -0.3 is 23.5 Å². The van der Waals surface area contributed by atoms with Crippen molar-refractivity contribution in [3.63, 3.8) is 0 Å². The summed E-state index contributed by atoms with van der Waals surface area (Å²) < 4.78 is 23.7. The van der Waals surface area contributed by atoms with Crippen molar-refractivity contribution in [3.8, 4) is 17.2 Å². The lowest BCUT2D eigenvalue weighted by Crippen LogP contribution is -2.23. The highest BCUT2D eigenvalue weighted by molar-refractivity contribution is 7.16. The second kappa shape index (κ2) is 10.1. The highest BCUT2D eigenvalue weighted by atomic mass is 32.1. The molecule has 8 nitrogen and oxygen atoms in total. The topological polar surface area (TPSA) is 88.4 Å². The molecule has 0 spiro atoms. The molecular formula is C22H24N2O6S. The van der Waals surface area contributed by atoms with Crippen LogP contribution in [0.5, 0.6) is 17.2 Å². The summed E-state index contributed by atoms with van der Waals surface area (Å²) in [5.41, 5.74) is 1.10. The average Bonchev–Trinajstić information content (AvgIpc) is 3.09. The summed E-state index contributed by atoms with van der Waals surface area (Å²) >= 11 is 1.27. The highest BCUT2D eigenvalue weighted by Crippen LogP contribution is 2.33. The third-order valence-electron chi connectivity index (χ3n) is 4.39. The van der Waals surface area contributed by atoms with E-state index < -0.39 is 11.9 Å². The minimum Gasteiger partial charge on any atom is -0.494 e. The van der Waals surface area contributed by atoms with Gasteiger partial charge in [-0.05, 0) is 38.1 Å². The summed E-state index contributed by atoms with van der Waals surface area (Å²) in [4.78, 5) is 29.6. The Balaban J connectivity index is 2.10. The molecule has 0 unspecified atom stereocenters. The molecule has 1 aromatic heterocycles. The van der Waals surface area contributed by atoms with E-state index in [1.807, 2.05) is 6.92 Å². The molecule has 0 atom stereocenters. The van der Waals surface area contributed by atoms with Crippen LogP contribution in [0.2, 0.25) is 0 Å². The molecule has 164 valence electrons. The van der Waals surface area contributed by atoms with Crippen molar-refractivity contribution in [2.24, 2.45) is 4.99 Å². The Morgan fingerprint density at radius 2 is 1.68 bits per heavy atom. The largest absolute Gasteiger partial charge is 0.494 e. The van der Waals surface area contributed by atoms with Gasteiger partial charge in [0.25, 0.3) is 5.91 Å². The fraction of sp³-hybridized carbons (Fsp3) is 0.318. The summed E-state index contributed by atoms with van der Waals surface area (Å²) in [7, 11) is 3.08. The molecule has 0 saturated carbocycles. The molecular weight excluding hydrogens is 420 g/mol. The maximum atomic E-state index is 12.8. The zero-order valence-electron chi connectivity index (χ0n) is 17.8. The molecule has 1 amide bonds. The molecule has 3 rings (SSSR count). The number of ether oxygens (including phenoxy) is 4. The fourth-order valence-electron chi connectivity index (χ4n) is 2.98. The van der Waals surface area contributed by atoms with Crippen LogP contribution in [0.1, 0.15) is 24.2 Å². The van der Waals surface area contributed by atoms with Crippen molar-refractivity contribution in [2.45, 2.75) is 20.4 Å². The molecule has 31 heavy (non-hydrogen) atoms. The van der Waals surface area contributed by atoms with Crippen LogP contribution in [0.15, 0.2) is 41.4 Å². The lowest BCUT2D eigenvalue weighted by Gasteiger charge is -2.09. The number of methoxy groups -OCH3 is 2. The molecule has 9 heteroatoms. The number of rotatable bonds is 8. The van der Waals surface area contributed by atoms with Crippen molar-refractivity contribution < 1.29 is 28.5 Å². The van der Waals surface area contributed by atoms with Gasteiger partial charge in [0.1, 0.15) is 12.3 Å².